The van der Waals surface area contributed by atoms with Crippen LogP contribution in [0.25, 0.3) is 5.57 Å². The Kier molecular flexibility index (Phi) is 4.95. The minimum Gasteiger partial charge on any atom is -0.447 e. The third-order valence-electron chi connectivity index (χ3n) is 4.56. The number of ether oxygens (including phenoxy) is 2. The molecule has 3 heterocycles. The standard InChI is InChI=1S/C18H18F2N4O4/c1-10-22-17(28-23-10)26-8-13-9-27-18(25)24(13)12-6-14(19)16(15(20)7-12)11-2-4-21-5-3-11/h2,6-7,13,21H,3-5,8-9H2,1H3/t13-/m1/s1. The first-order chi connectivity index (χ1) is 13.5. The van der Waals surface area contributed by atoms with Crippen molar-refractivity contribution >= 4 is 17.4 Å². The summed E-state index contributed by atoms with van der Waals surface area (Å²) in [4.78, 5) is 17.2. The number of nitrogens with zero attached hydrogens (tertiary/aromatic N) is 3. The zero-order chi connectivity index (χ0) is 19.7. The minimum atomic E-state index is -0.727. The van der Waals surface area contributed by atoms with Gasteiger partial charge in [-0.05, 0) is 37.6 Å². The van der Waals surface area contributed by atoms with Gasteiger partial charge in [-0.2, -0.15) is 4.98 Å². The number of benzene rings is 1. The van der Waals surface area contributed by atoms with Crippen LogP contribution in [0.5, 0.6) is 6.08 Å². The molecule has 0 bridgehead atoms. The van der Waals surface area contributed by atoms with E-state index in [1.165, 1.54) is 0 Å². The predicted molar refractivity (Wildman–Crippen MR) is 94.0 cm³/mol. The van der Waals surface area contributed by atoms with Crippen LogP contribution in [0.2, 0.25) is 0 Å². The number of hydrogen-bond donors (Lipinski definition) is 1. The third-order valence-corrected chi connectivity index (χ3v) is 4.56. The second kappa shape index (κ2) is 7.55. The zero-order valence-corrected chi connectivity index (χ0v) is 15.1. The van der Waals surface area contributed by atoms with E-state index in [4.69, 9.17) is 14.0 Å². The fourth-order valence-corrected chi connectivity index (χ4v) is 3.26. The van der Waals surface area contributed by atoms with Crippen molar-refractivity contribution in [3.8, 4) is 6.08 Å². The highest BCUT2D eigenvalue weighted by Crippen LogP contribution is 2.32. The van der Waals surface area contributed by atoms with Crippen molar-refractivity contribution in [3.05, 3.63) is 41.2 Å². The van der Waals surface area contributed by atoms with Crippen LogP contribution in [0.1, 0.15) is 17.8 Å². The lowest BCUT2D eigenvalue weighted by atomic mass is 9.98. The molecule has 0 spiro atoms. The van der Waals surface area contributed by atoms with Gasteiger partial charge in [0, 0.05) is 12.1 Å². The molecule has 1 aromatic heterocycles. The summed E-state index contributed by atoms with van der Waals surface area (Å²) in [5.74, 6) is -1.05. The van der Waals surface area contributed by atoms with E-state index in [1.54, 1.807) is 13.0 Å². The third kappa shape index (κ3) is 3.55. The van der Waals surface area contributed by atoms with E-state index in [0.29, 0.717) is 30.9 Å². The lowest BCUT2D eigenvalue weighted by molar-refractivity contribution is 0.165. The first-order valence-corrected chi connectivity index (χ1v) is 8.81. The van der Waals surface area contributed by atoms with E-state index in [-0.39, 0.29) is 30.5 Å². The molecule has 0 saturated carbocycles. The number of cyclic esters (lactones) is 1. The van der Waals surface area contributed by atoms with E-state index in [9.17, 15) is 13.6 Å². The number of nitrogens with one attached hydrogen (secondary N) is 1. The fourth-order valence-electron chi connectivity index (χ4n) is 3.26. The van der Waals surface area contributed by atoms with Crippen LogP contribution in [0.3, 0.4) is 0 Å². The summed E-state index contributed by atoms with van der Waals surface area (Å²) in [6.07, 6.45) is 1.53. The second-order valence-electron chi connectivity index (χ2n) is 6.49. The quantitative estimate of drug-likeness (QED) is 0.836. The van der Waals surface area contributed by atoms with Crippen molar-refractivity contribution in [2.24, 2.45) is 0 Å². The molecule has 0 unspecified atom stereocenters. The van der Waals surface area contributed by atoms with Gasteiger partial charge in [0.1, 0.15) is 30.9 Å². The maximum Gasteiger partial charge on any atom is 0.417 e. The van der Waals surface area contributed by atoms with Crippen molar-refractivity contribution in [1.29, 1.82) is 0 Å². The van der Waals surface area contributed by atoms with Gasteiger partial charge in [0.15, 0.2) is 5.82 Å². The number of halogens is 2. The largest absolute Gasteiger partial charge is 0.447 e. The fraction of sp³-hybridized carbons (Fsp3) is 0.389. The second-order valence-corrected chi connectivity index (χ2v) is 6.49. The minimum absolute atomic E-state index is 0.00770. The summed E-state index contributed by atoms with van der Waals surface area (Å²) >= 11 is 0. The van der Waals surface area contributed by atoms with Gasteiger partial charge in [-0.3, -0.25) is 9.42 Å². The van der Waals surface area contributed by atoms with E-state index >= 15 is 0 Å². The number of carbonyl (C=O) groups excluding carboxylic acids is 1. The molecule has 2 aromatic rings. The predicted octanol–water partition coefficient (Wildman–Crippen LogP) is 2.44. The maximum atomic E-state index is 14.7. The molecule has 2 aliphatic heterocycles. The topological polar surface area (TPSA) is 89.7 Å². The van der Waals surface area contributed by atoms with Crippen LogP contribution in [0.15, 0.2) is 22.7 Å². The van der Waals surface area contributed by atoms with Gasteiger partial charge in [-0.25, -0.2) is 13.6 Å². The molecule has 1 aromatic carbocycles. The van der Waals surface area contributed by atoms with E-state index in [1.807, 2.05) is 0 Å². The van der Waals surface area contributed by atoms with Crippen LogP contribution >= 0.6 is 0 Å². The molecule has 8 nitrogen and oxygen atoms in total. The number of amides is 1. The van der Waals surface area contributed by atoms with Gasteiger partial charge in [0.25, 0.3) is 0 Å². The number of aryl methyl sites for hydroxylation is 1. The maximum absolute atomic E-state index is 14.7. The summed E-state index contributed by atoms with van der Waals surface area (Å²) in [6.45, 7) is 2.82. The molecule has 148 valence electrons. The Labute approximate surface area is 159 Å². The average Bonchev–Trinajstić information content (AvgIpc) is 3.25. The van der Waals surface area contributed by atoms with E-state index in [0.717, 1.165) is 17.0 Å². The lowest BCUT2D eigenvalue weighted by Crippen LogP contribution is -2.38. The van der Waals surface area contributed by atoms with Gasteiger partial charge >= 0.3 is 12.2 Å². The summed E-state index contributed by atoms with van der Waals surface area (Å²) in [5, 5.41) is 6.70. The molecule has 0 radical (unpaired) electrons. The molecule has 10 heteroatoms. The molecular formula is C18H18F2N4O4. The van der Waals surface area contributed by atoms with Crippen molar-refractivity contribution in [3.63, 3.8) is 0 Å². The van der Waals surface area contributed by atoms with Gasteiger partial charge in [-0.15, -0.1) is 0 Å². The molecule has 1 fully saturated rings. The Hall–Kier alpha value is -3.01. The Bertz CT molecular complexity index is 907. The van der Waals surface area contributed by atoms with Crippen LogP contribution in [0, 0.1) is 18.6 Å². The van der Waals surface area contributed by atoms with Crippen LogP contribution in [-0.2, 0) is 4.74 Å². The Morgan fingerprint density at radius 2 is 2.14 bits per heavy atom. The Morgan fingerprint density at radius 3 is 2.79 bits per heavy atom. The highest BCUT2D eigenvalue weighted by atomic mass is 19.1. The van der Waals surface area contributed by atoms with Gasteiger partial charge in [-0.1, -0.05) is 11.2 Å². The lowest BCUT2D eigenvalue weighted by Gasteiger charge is -2.22. The monoisotopic (exact) mass is 392 g/mol. The first-order valence-electron chi connectivity index (χ1n) is 8.81. The SMILES string of the molecule is Cc1noc(OC[C@@H]2COC(=O)N2c2cc(F)c(C3=CCNCC3)c(F)c2)n1. The Balaban J connectivity index is 1.57. The van der Waals surface area contributed by atoms with Crippen LogP contribution in [0.4, 0.5) is 19.3 Å². The molecule has 4 rings (SSSR count). The molecule has 1 atom stereocenters. The van der Waals surface area contributed by atoms with Crippen LogP contribution < -0.4 is 15.0 Å². The van der Waals surface area contributed by atoms with Gasteiger partial charge in [0.05, 0.1) is 5.69 Å². The molecule has 1 amide bonds. The summed E-state index contributed by atoms with van der Waals surface area (Å²) < 4.78 is 44.7. The number of rotatable bonds is 5. The first kappa shape index (κ1) is 18.4. The van der Waals surface area contributed by atoms with Crippen molar-refractivity contribution in [1.82, 2.24) is 15.5 Å². The zero-order valence-electron chi connectivity index (χ0n) is 15.1. The molecule has 0 aliphatic carbocycles. The number of anilines is 1. The van der Waals surface area contributed by atoms with Gasteiger partial charge < -0.3 is 14.8 Å². The number of hydrogen-bond acceptors (Lipinski definition) is 7. The number of aromatic nitrogens is 2. The average molecular weight is 392 g/mol. The van der Waals surface area contributed by atoms with Crippen molar-refractivity contribution in [2.45, 2.75) is 19.4 Å². The molecule has 28 heavy (non-hydrogen) atoms. The molecular weight excluding hydrogens is 374 g/mol. The van der Waals surface area contributed by atoms with Crippen molar-refractivity contribution in [2.75, 3.05) is 31.2 Å². The highest BCUT2D eigenvalue weighted by molar-refractivity contribution is 5.90. The van der Waals surface area contributed by atoms with Gasteiger partial charge in [0.2, 0.25) is 0 Å². The summed E-state index contributed by atoms with van der Waals surface area (Å²) in [5.41, 5.74) is 0.606. The van der Waals surface area contributed by atoms with E-state index < -0.39 is 23.8 Å². The van der Waals surface area contributed by atoms with Crippen molar-refractivity contribution < 1.29 is 27.6 Å². The molecule has 1 saturated heterocycles. The highest BCUT2D eigenvalue weighted by Gasteiger charge is 2.36. The summed E-state index contributed by atoms with van der Waals surface area (Å²) in [6, 6.07) is 1.68. The Morgan fingerprint density at radius 1 is 1.36 bits per heavy atom. The smallest absolute Gasteiger partial charge is 0.417 e. The number of carbonyl (C=O) groups is 1. The normalized spacial score (nSPS) is 19.5. The van der Waals surface area contributed by atoms with E-state index in [2.05, 4.69) is 15.5 Å². The molecule has 2 aliphatic rings. The summed E-state index contributed by atoms with van der Waals surface area (Å²) in [7, 11) is 0. The van der Waals surface area contributed by atoms with Crippen LogP contribution in [-0.4, -0.2) is 48.6 Å². The molecule has 1 N–H and O–H groups in total.